The van der Waals surface area contributed by atoms with E-state index >= 15 is 0 Å². The number of nitro groups is 1. The highest BCUT2D eigenvalue weighted by Gasteiger charge is 2.17. The first kappa shape index (κ1) is 15.4. The molecule has 4 N–H and O–H groups in total. The number of anilines is 1. The molecule has 0 saturated heterocycles. The maximum absolute atomic E-state index is 12.0. The smallest absolute Gasteiger partial charge is 0.294 e. The number of carbonyl (C=O) groups is 1. The van der Waals surface area contributed by atoms with Crippen molar-refractivity contribution in [1.29, 1.82) is 0 Å². The molecule has 7 nitrogen and oxygen atoms in total. The number of hydrogen-bond donors (Lipinski definition) is 3. The number of nitrogen functional groups attached to an aromatic ring is 1. The number of benzene rings is 1. The summed E-state index contributed by atoms with van der Waals surface area (Å²) in [6.45, 7) is 0.349. The molecule has 0 aliphatic carbocycles. The van der Waals surface area contributed by atoms with Gasteiger partial charge in [-0.2, -0.15) is 0 Å². The van der Waals surface area contributed by atoms with E-state index in [1.54, 1.807) is 0 Å². The first-order valence-corrected chi connectivity index (χ1v) is 7.45. The molecule has 0 aliphatic rings. The summed E-state index contributed by atoms with van der Waals surface area (Å²) in [7, 11) is 0. The van der Waals surface area contributed by atoms with Crippen LogP contribution in [0.1, 0.15) is 15.2 Å². The maximum Gasteiger partial charge on any atom is 0.294 e. The third kappa shape index (κ3) is 3.57. The van der Waals surface area contributed by atoms with Crippen LogP contribution in [0.5, 0.6) is 0 Å². The van der Waals surface area contributed by atoms with Crippen LogP contribution in [-0.4, -0.2) is 10.8 Å². The van der Waals surface area contributed by atoms with E-state index in [1.807, 2.05) is 11.4 Å². The summed E-state index contributed by atoms with van der Waals surface area (Å²) in [6.07, 6.45) is 0. The van der Waals surface area contributed by atoms with Crippen molar-refractivity contribution in [2.45, 2.75) is 6.54 Å². The van der Waals surface area contributed by atoms with Crippen LogP contribution in [0.25, 0.3) is 0 Å². The molecule has 110 valence electrons. The molecule has 0 aliphatic heterocycles. The average Bonchev–Trinajstić information content (AvgIpc) is 2.89. The molecule has 0 bridgehead atoms. The summed E-state index contributed by atoms with van der Waals surface area (Å²) in [5, 5.41) is 15.5. The number of nitrogens with zero attached hydrogens (tertiary/aromatic N) is 1. The highest BCUT2D eigenvalue weighted by Crippen LogP contribution is 2.25. The lowest BCUT2D eigenvalue weighted by Gasteiger charge is -2.06. The van der Waals surface area contributed by atoms with Gasteiger partial charge in [0.15, 0.2) is 0 Å². The van der Waals surface area contributed by atoms with E-state index in [0.717, 1.165) is 9.35 Å². The van der Waals surface area contributed by atoms with Gasteiger partial charge < -0.3 is 10.7 Å². The van der Waals surface area contributed by atoms with Crippen LogP contribution in [0, 0.1) is 10.1 Å². The van der Waals surface area contributed by atoms with Gasteiger partial charge in [0.1, 0.15) is 5.69 Å². The number of halogens is 1. The van der Waals surface area contributed by atoms with Crippen LogP contribution in [0.2, 0.25) is 0 Å². The molecule has 0 unspecified atom stereocenters. The predicted octanol–water partition coefficient (Wildman–Crippen LogP) is 2.63. The van der Waals surface area contributed by atoms with Gasteiger partial charge in [0.2, 0.25) is 0 Å². The highest BCUT2D eigenvalue weighted by molar-refractivity contribution is 9.10. The second-order valence-electron chi connectivity index (χ2n) is 4.01. The largest absolute Gasteiger partial charge is 0.347 e. The van der Waals surface area contributed by atoms with E-state index in [0.29, 0.717) is 6.54 Å². The summed E-state index contributed by atoms with van der Waals surface area (Å²) >= 11 is 4.87. The number of nitrogens with two attached hydrogens (primary N) is 1. The molecular weight excluding hydrogens is 360 g/mol. The van der Waals surface area contributed by atoms with Crippen LogP contribution < -0.4 is 16.6 Å². The molecule has 0 fully saturated rings. The Kier molecular flexibility index (Phi) is 4.89. The normalized spacial score (nSPS) is 10.2. The Hall–Kier alpha value is -1.97. The van der Waals surface area contributed by atoms with Crippen LogP contribution in [0.3, 0.4) is 0 Å². The van der Waals surface area contributed by atoms with Gasteiger partial charge in [0.05, 0.1) is 11.5 Å². The molecule has 1 heterocycles. The highest BCUT2D eigenvalue weighted by atomic mass is 79.9. The summed E-state index contributed by atoms with van der Waals surface area (Å²) in [5.74, 6) is 4.81. The molecule has 2 aromatic rings. The van der Waals surface area contributed by atoms with Gasteiger partial charge in [0, 0.05) is 21.0 Å². The molecule has 1 amide bonds. The van der Waals surface area contributed by atoms with Gasteiger partial charge in [-0.15, -0.1) is 11.3 Å². The number of nitrogens with one attached hydrogen (secondary N) is 2. The first-order chi connectivity index (χ1) is 10.0. The lowest BCUT2D eigenvalue weighted by atomic mass is 10.1. The Morgan fingerprint density at radius 1 is 1.43 bits per heavy atom. The van der Waals surface area contributed by atoms with Gasteiger partial charge >= 0.3 is 0 Å². The zero-order valence-electron chi connectivity index (χ0n) is 10.6. The van der Waals surface area contributed by atoms with Crippen molar-refractivity contribution in [2.75, 3.05) is 5.43 Å². The lowest BCUT2D eigenvalue weighted by Crippen LogP contribution is -2.22. The van der Waals surface area contributed by atoms with Gasteiger partial charge in [-0.05, 0) is 39.5 Å². The number of hydrogen-bond acceptors (Lipinski definition) is 6. The standard InChI is InChI=1S/C12H11BrN4O3S/c13-8-3-4-21-11(8)6-15-12(18)7-1-2-9(16-14)10(5-7)17(19)20/h1-5,16H,6,14H2,(H,15,18). The maximum atomic E-state index is 12.0. The minimum absolute atomic E-state index is 0.151. The molecule has 21 heavy (non-hydrogen) atoms. The van der Waals surface area contributed by atoms with Gasteiger partial charge in [-0.3, -0.25) is 20.8 Å². The van der Waals surface area contributed by atoms with E-state index in [2.05, 4.69) is 26.7 Å². The minimum Gasteiger partial charge on any atom is -0.347 e. The Bertz CT molecular complexity index is 689. The first-order valence-electron chi connectivity index (χ1n) is 5.78. The summed E-state index contributed by atoms with van der Waals surface area (Å²) in [4.78, 5) is 23.3. The molecule has 0 spiro atoms. The number of rotatable bonds is 5. The van der Waals surface area contributed by atoms with Gasteiger partial charge in [0.25, 0.3) is 11.6 Å². The second-order valence-corrected chi connectivity index (χ2v) is 5.86. The fourth-order valence-electron chi connectivity index (χ4n) is 1.66. The van der Waals surface area contributed by atoms with Crippen LogP contribution in [-0.2, 0) is 6.54 Å². The van der Waals surface area contributed by atoms with E-state index in [4.69, 9.17) is 5.84 Å². The van der Waals surface area contributed by atoms with E-state index < -0.39 is 4.92 Å². The summed E-state index contributed by atoms with van der Waals surface area (Å²) in [5.41, 5.74) is 2.33. The molecular formula is C12H11BrN4O3S. The molecule has 1 aromatic carbocycles. The van der Waals surface area contributed by atoms with Crippen LogP contribution in [0.4, 0.5) is 11.4 Å². The number of hydrazine groups is 1. The van der Waals surface area contributed by atoms with Crippen molar-refractivity contribution >= 4 is 44.5 Å². The van der Waals surface area contributed by atoms with Gasteiger partial charge in [-0.25, -0.2) is 0 Å². The quantitative estimate of drug-likeness (QED) is 0.425. The number of thiophene rings is 1. The lowest BCUT2D eigenvalue weighted by molar-refractivity contribution is -0.384. The third-order valence-electron chi connectivity index (χ3n) is 2.71. The zero-order chi connectivity index (χ0) is 15.4. The van der Waals surface area contributed by atoms with E-state index in [9.17, 15) is 14.9 Å². The fraction of sp³-hybridized carbons (Fsp3) is 0.0833. The van der Waals surface area contributed by atoms with Crippen LogP contribution in [0.15, 0.2) is 34.1 Å². The van der Waals surface area contributed by atoms with E-state index in [-0.39, 0.29) is 22.8 Å². The molecule has 0 radical (unpaired) electrons. The van der Waals surface area contributed by atoms with Crippen LogP contribution >= 0.6 is 27.3 Å². The minimum atomic E-state index is -0.595. The van der Waals surface area contributed by atoms with E-state index in [1.165, 1.54) is 29.5 Å². The predicted molar refractivity (Wildman–Crippen MR) is 84.1 cm³/mol. The zero-order valence-corrected chi connectivity index (χ0v) is 13.0. The molecule has 0 atom stereocenters. The summed E-state index contributed by atoms with van der Waals surface area (Å²) in [6, 6.07) is 5.95. The summed E-state index contributed by atoms with van der Waals surface area (Å²) < 4.78 is 0.918. The Balaban J connectivity index is 2.14. The average molecular weight is 371 g/mol. The van der Waals surface area contributed by atoms with Gasteiger partial charge in [-0.1, -0.05) is 0 Å². The Labute approximate surface area is 132 Å². The SMILES string of the molecule is NNc1ccc(C(=O)NCc2sccc2Br)cc1[N+](=O)[O-]. The van der Waals surface area contributed by atoms with Crippen molar-refractivity contribution in [3.8, 4) is 0 Å². The topological polar surface area (TPSA) is 110 Å². The Morgan fingerprint density at radius 3 is 2.76 bits per heavy atom. The van der Waals surface area contributed by atoms with Crippen molar-refractivity contribution < 1.29 is 9.72 Å². The fourth-order valence-corrected chi connectivity index (χ4v) is 3.09. The van der Waals surface area contributed by atoms with Crippen molar-refractivity contribution in [2.24, 2.45) is 5.84 Å². The van der Waals surface area contributed by atoms with Crippen molar-refractivity contribution in [3.05, 3.63) is 54.7 Å². The Morgan fingerprint density at radius 2 is 2.19 bits per heavy atom. The molecule has 9 heteroatoms. The van der Waals surface area contributed by atoms with Crippen molar-refractivity contribution in [3.63, 3.8) is 0 Å². The number of carbonyl (C=O) groups excluding carboxylic acids is 1. The molecule has 1 aromatic heterocycles. The third-order valence-corrected chi connectivity index (χ3v) is 4.64. The van der Waals surface area contributed by atoms with Crippen molar-refractivity contribution in [1.82, 2.24) is 5.32 Å². The molecule has 2 rings (SSSR count). The number of amides is 1. The number of nitro benzene ring substituents is 1. The monoisotopic (exact) mass is 370 g/mol. The second kappa shape index (κ2) is 6.66. The molecule has 0 saturated carbocycles.